The summed E-state index contributed by atoms with van der Waals surface area (Å²) in [5.74, 6) is 0.184. The number of carbonyl (C=O) groups excluding carboxylic acids is 1. The van der Waals surface area contributed by atoms with Crippen molar-refractivity contribution in [3.05, 3.63) is 35.4 Å². The highest BCUT2D eigenvalue weighted by Gasteiger charge is 2.26. The van der Waals surface area contributed by atoms with E-state index in [2.05, 4.69) is 35.5 Å². The monoisotopic (exact) mass is 445 g/mol. The van der Waals surface area contributed by atoms with Crippen LogP contribution < -0.4 is 11.1 Å². The van der Waals surface area contributed by atoms with Crippen molar-refractivity contribution in [3.63, 3.8) is 0 Å². The van der Waals surface area contributed by atoms with Crippen molar-refractivity contribution in [2.45, 2.75) is 70.1 Å². The molecule has 1 atom stereocenters. The smallest absolute Gasteiger partial charge is 0.237 e. The topological polar surface area (TPSA) is 67.6 Å². The Hall–Kier alpha value is -0.850. The summed E-state index contributed by atoms with van der Waals surface area (Å²) in [5.41, 5.74) is 8.68. The van der Waals surface area contributed by atoms with Gasteiger partial charge in [-0.2, -0.15) is 0 Å². The first-order valence-electron chi connectivity index (χ1n) is 10.5. The molecule has 0 radical (unpaired) electrons. The number of nitrogens with two attached hydrogens (primary N) is 1. The quantitative estimate of drug-likeness (QED) is 0.671. The standard InChI is InChI=1S/C22H35N3O2.2ClH/c1-25(20-9-3-2-4-10-20)16-19-8-6-5-7-18(19)15-24-22(26)21(23)17-11-13-27-14-12-17;;/h5-8,17,20-21H,2-4,9-16,23H2,1H3,(H,24,26);2*1H. The minimum Gasteiger partial charge on any atom is -0.381 e. The molecule has 1 saturated heterocycles. The highest BCUT2D eigenvalue weighted by atomic mass is 35.5. The zero-order chi connectivity index (χ0) is 19.1. The Balaban J connectivity index is 0.00000210. The second-order valence-electron chi connectivity index (χ2n) is 8.17. The van der Waals surface area contributed by atoms with E-state index < -0.39 is 6.04 Å². The summed E-state index contributed by atoms with van der Waals surface area (Å²) in [4.78, 5) is 15.0. The summed E-state index contributed by atoms with van der Waals surface area (Å²) in [7, 11) is 2.23. The van der Waals surface area contributed by atoms with Crippen LogP contribution in [0.2, 0.25) is 0 Å². The molecule has 0 aromatic heterocycles. The van der Waals surface area contributed by atoms with Crippen LogP contribution in [0.4, 0.5) is 0 Å². The van der Waals surface area contributed by atoms with E-state index in [9.17, 15) is 4.79 Å². The van der Waals surface area contributed by atoms with Crippen molar-refractivity contribution in [2.24, 2.45) is 11.7 Å². The third kappa shape index (κ3) is 7.72. The van der Waals surface area contributed by atoms with E-state index in [0.29, 0.717) is 25.8 Å². The SMILES string of the molecule is CN(Cc1ccccc1CNC(=O)C(N)C1CCOCC1)C1CCCCC1.Cl.Cl. The van der Waals surface area contributed by atoms with E-state index in [1.165, 1.54) is 43.2 Å². The fourth-order valence-electron chi connectivity index (χ4n) is 4.39. The fourth-order valence-corrected chi connectivity index (χ4v) is 4.39. The van der Waals surface area contributed by atoms with Gasteiger partial charge in [-0.05, 0) is 49.8 Å². The van der Waals surface area contributed by atoms with E-state index in [1.54, 1.807) is 0 Å². The molecule has 1 heterocycles. The first-order chi connectivity index (χ1) is 13.1. The van der Waals surface area contributed by atoms with Crippen molar-refractivity contribution in [2.75, 3.05) is 20.3 Å². The zero-order valence-electron chi connectivity index (χ0n) is 17.5. The molecule has 1 aromatic carbocycles. The summed E-state index contributed by atoms with van der Waals surface area (Å²) < 4.78 is 5.37. The molecule has 7 heteroatoms. The molecule has 2 aliphatic rings. The van der Waals surface area contributed by atoms with Crippen molar-refractivity contribution in [1.82, 2.24) is 10.2 Å². The number of carbonyl (C=O) groups is 1. The number of amides is 1. The zero-order valence-corrected chi connectivity index (χ0v) is 19.1. The number of nitrogens with one attached hydrogen (secondary N) is 1. The van der Waals surface area contributed by atoms with Gasteiger partial charge in [0.1, 0.15) is 0 Å². The van der Waals surface area contributed by atoms with Crippen LogP contribution >= 0.6 is 24.8 Å². The molecule has 1 aromatic rings. The molecule has 3 rings (SSSR count). The Bertz CT molecular complexity index is 605. The maximum absolute atomic E-state index is 12.5. The van der Waals surface area contributed by atoms with Crippen LogP contribution in [0.5, 0.6) is 0 Å². The van der Waals surface area contributed by atoms with Crippen LogP contribution in [-0.2, 0) is 22.6 Å². The van der Waals surface area contributed by atoms with Gasteiger partial charge >= 0.3 is 0 Å². The molecule has 1 unspecified atom stereocenters. The van der Waals surface area contributed by atoms with Gasteiger partial charge in [-0.25, -0.2) is 0 Å². The third-order valence-corrected chi connectivity index (χ3v) is 6.27. The van der Waals surface area contributed by atoms with E-state index in [1.807, 2.05) is 6.07 Å². The molecule has 5 nitrogen and oxygen atoms in total. The van der Waals surface area contributed by atoms with E-state index in [-0.39, 0.29) is 36.6 Å². The largest absolute Gasteiger partial charge is 0.381 e. The van der Waals surface area contributed by atoms with Gasteiger partial charge in [0.15, 0.2) is 0 Å². The van der Waals surface area contributed by atoms with Crippen LogP contribution in [0, 0.1) is 5.92 Å². The molecule has 0 bridgehead atoms. The molecule has 29 heavy (non-hydrogen) atoms. The maximum Gasteiger partial charge on any atom is 0.237 e. The highest BCUT2D eigenvalue weighted by molar-refractivity contribution is 5.85. The molecule has 3 N–H and O–H groups in total. The Morgan fingerprint density at radius 2 is 1.72 bits per heavy atom. The number of hydrogen-bond donors (Lipinski definition) is 2. The Morgan fingerprint density at radius 1 is 1.10 bits per heavy atom. The summed E-state index contributed by atoms with van der Waals surface area (Å²) in [6.07, 6.45) is 8.41. The summed E-state index contributed by atoms with van der Waals surface area (Å²) in [5, 5.41) is 3.07. The van der Waals surface area contributed by atoms with Gasteiger partial charge in [0.2, 0.25) is 5.91 Å². The molecule has 1 amide bonds. The van der Waals surface area contributed by atoms with Gasteiger partial charge in [0.25, 0.3) is 0 Å². The molecule has 166 valence electrons. The Kier molecular flexibility index (Phi) is 12.1. The first-order valence-corrected chi connectivity index (χ1v) is 10.5. The lowest BCUT2D eigenvalue weighted by molar-refractivity contribution is -0.124. The molecule has 1 aliphatic carbocycles. The normalized spacial score (nSPS) is 19.1. The van der Waals surface area contributed by atoms with Crippen LogP contribution in [0.1, 0.15) is 56.1 Å². The minimum absolute atomic E-state index is 0. The highest BCUT2D eigenvalue weighted by Crippen LogP contribution is 2.24. The number of benzene rings is 1. The van der Waals surface area contributed by atoms with Gasteiger partial charge in [-0.15, -0.1) is 24.8 Å². The van der Waals surface area contributed by atoms with E-state index >= 15 is 0 Å². The lowest BCUT2D eigenvalue weighted by Crippen LogP contribution is -2.46. The Labute approximate surface area is 187 Å². The number of halogens is 2. The van der Waals surface area contributed by atoms with Crippen LogP contribution in [0.25, 0.3) is 0 Å². The van der Waals surface area contributed by atoms with Gasteiger partial charge in [-0.1, -0.05) is 43.5 Å². The predicted molar refractivity (Wildman–Crippen MR) is 123 cm³/mol. The second-order valence-corrected chi connectivity index (χ2v) is 8.17. The van der Waals surface area contributed by atoms with Crippen molar-refractivity contribution in [3.8, 4) is 0 Å². The number of nitrogens with zero attached hydrogens (tertiary/aromatic N) is 1. The van der Waals surface area contributed by atoms with Crippen LogP contribution in [0.15, 0.2) is 24.3 Å². The molecule has 1 aliphatic heterocycles. The van der Waals surface area contributed by atoms with Crippen LogP contribution in [0.3, 0.4) is 0 Å². The number of hydrogen-bond acceptors (Lipinski definition) is 4. The number of rotatable bonds is 7. The average Bonchev–Trinajstić information content (AvgIpc) is 2.73. The van der Waals surface area contributed by atoms with Crippen molar-refractivity contribution in [1.29, 1.82) is 0 Å². The summed E-state index contributed by atoms with van der Waals surface area (Å²) in [6.45, 7) is 2.90. The lowest BCUT2D eigenvalue weighted by Gasteiger charge is -2.31. The molecular weight excluding hydrogens is 409 g/mol. The first kappa shape index (κ1) is 26.2. The van der Waals surface area contributed by atoms with Crippen molar-refractivity contribution < 1.29 is 9.53 Å². The summed E-state index contributed by atoms with van der Waals surface area (Å²) >= 11 is 0. The van der Waals surface area contributed by atoms with E-state index in [4.69, 9.17) is 10.5 Å². The lowest BCUT2D eigenvalue weighted by atomic mass is 9.92. The molecular formula is C22H37Cl2N3O2. The van der Waals surface area contributed by atoms with Gasteiger partial charge in [-0.3, -0.25) is 9.69 Å². The Morgan fingerprint density at radius 3 is 2.38 bits per heavy atom. The van der Waals surface area contributed by atoms with Gasteiger partial charge < -0.3 is 15.8 Å². The third-order valence-electron chi connectivity index (χ3n) is 6.27. The average molecular weight is 446 g/mol. The number of ether oxygens (including phenoxy) is 1. The predicted octanol–water partition coefficient (Wildman–Crippen LogP) is 3.66. The van der Waals surface area contributed by atoms with Crippen LogP contribution in [-0.4, -0.2) is 43.2 Å². The maximum atomic E-state index is 12.5. The van der Waals surface area contributed by atoms with E-state index in [0.717, 1.165) is 19.4 Å². The van der Waals surface area contributed by atoms with Gasteiger partial charge in [0.05, 0.1) is 6.04 Å². The molecule has 0 spiro atoms. The van der Waals surface area contributed by atoms with Crippen molar-refractivity contribution >= 4 is 30.7 Å². The molecule has 1 saturated carbocycles. The summed E-state index contributed by atoms with van der Waals surface area (Å²) in [6, 6.07) is 8.67. The molecule has 2 fully saturated rings. The minimum atomic E-state index is -0.439. The second kappa shape index (κ2) is 13.5. The fraction of sp³-hybridized carbons (Fsp3) is 0.682. The van der Waals surface area contributed by atoms with Gasteiger partial charge in [0, 0.05) is 32.3 Å².